The summed E-state index contributed by atoms with van der Waals surface area (Å²) >= 11 is 3.47. The molecule has 9 nitrogen and oxygen atoms in total. The van der Waals surface area contributed by atoms with Gasteiger partial charge in [0.2, 0.25) is 0 Å². The molecule has 1 aliphatic rings. The van der Waals surface area contributed by atoms with Crippen molar-refractivity contribution >= 4 is 90.0 Å². The zero-order valence-electron chi connectivity index (χ0n) is 48.3. The van der Waals surface area contributed by atoms with Gasteiger partial charge in [-0.05, 0) is 83.4 Å². The van der Waals surface area contributed by atoms with Crippen LogP contribution in [0.25, 0.3) is 151 Å². The smallest absolute Gasteiger partial charge is 0.164 e. The third-order valence-electron chi connectivity index (χ3n) is 16.4. The van der Waals surface area contributed by atoms with Crippen LogP contribution in [0.3, 0.4) is 0 Å². The van der Waals surface area contributed by atoms with E-state index in [1.165, 1.54) is 38.4 Å². The monoisotopic (exact) mass is 1230 g/mol. The Hall–Kier alpha value is -11.4. The number of para-hydroxylation sites is 3. The van der Waals surface area contributed by atoms with Gasteiger partial charge in [-0.25, -0.2) is 29.9 Å². The Bertz CT molecular complexity index is 5350. The topological polar surface area (TPSA) is 109 Å². The van der Waals surface area contributed by atoms with Gasteiger partial charge in [0.05, 0.1) is 11.0 Å². The minimum absolute atomic E-state index is 0. The molecule has 91 heavy (non-hydrogen) atoms. The molecule has 0 spiro atoms. The standard InChI is InChI=1S/C39H24N4O.C21H14BrN3.C19H12O.CH4.B/c1-3-11-25(12-4-1)37-40-38(26-13-5-2-6-14-26)42-39(41-37)27-19-21-28(22-20-27)43-33-17-9-7-15-29(33)31-23-24-32-30-16-8-10-18-34(30)44-36(32)35(31)43;22-18-13-11-17(12-14-18)21-24-19(15-7-3-1-4-8-15)23-20(25-21)16-9-5-2-6-10-16;1-2-6-13-12(5-1)11-17-14(13)9-10-16-15-7-3-4-8-18(15)20-19(16)17;;/h1-24H;1-14H;1-10H,11H2;1H4;. The first-order valence-electron chi connectivity index (χ1n) is 29.5. The lowest BCUT2D eigenvalue weighted by atomic mass is 10.0. The van der Waals surface area contributed by atoms with Crippen molar-refractivity contribution in [3.8, 4) is 85.1 Å². The summed E-state index contributed by atoms with van der Waals surface area (Å²) in [7, 11) is 0. The fraction of sp³-hybridized carbons (Fsp3) is 0.0250. The second-order valence-electron chi connectivity index (χ2n) is 21.8. The number of rotatable bonds is 7. The minimum Gasteiger partial charge on any atom is -0.456 e. The molecular formula is C80H54BBrN7O2. The summed E-state index contributed by atoms with van der Waals surface area (Å²) in [5.41, 5.74) is 18.2. The number of furan rings is 2. The van der Waals surface area contributed by atoms with Crippen molar-refractivity contribution < 1.29 is 8.83 Å². The van der Waals surface area contributed by atoms with Gasteiger partial charge in [-0.3, -0.25) is 0 Å². The van der Waals surface area contributed by atoms with E-state index in [0.29, 0.717) is 34.9 Å². The minimum atomic E-state index is 0. The van der Waals surface area contributed by atoms with Crippen molar-refractivity contribution in [2.75, 3.05) is 0 Å². The Morgan fingerprint density at radius 1 is 0.308 bits per heavy atom. The quantitative estimate of drug-likeness (QED) is 0.145. The maximum absolute atomic E-state index is 6.51. The highest BCUT2D eigenvalue weighted by Gasteiger charge is 2.24. The van der Waals surface area contributed by atoms with E-state index in [4.69, 9.17) is 33.8 Å². The average Bonchev–Trinajstić information content (AvgIpc) is 1.59. The largest absolute Gasteiger partial charge is 0.456 e. The number of nitrogens with zero attached hydrogens (tertiary/aromatic N) is 7. The van der Waals surface area contributed by atoms with Gasteiger partial charge in [-0.1, -0.05) is 248 Å². The summed E-state index contributed by atoms with van der Waals surface area (Å²) in [6.07, 6.45) is 0.975. The summed E-state index contributed by atoms with van der Waals surface area (Å²) in [5.74, 6) is 3.94. The molecule has 17 aromatic rings. The number of benzene rings is 12. The molecule has 0 amide bonds. The number of aromatic nitrogens is 7. The number of hydrogen-bond acceptors (Lipinski definition) is 8. The van der Waals surface area contributed by atoms with Crippen LogP contribution < -0.4 is 0 Å². The first-order chi connectivity index (χ1) is 44.0. The normalized spacial score (nSPS) is 11.4. The van der Waals surface area contributed by atoms with Crippen LogP contribution in [-0.2, 0) is 6.42 Å². The molecular weight excluding hydrogens is 1180 g/mol. The molecule has 5 aromatic heterocycles. The number of hydrogen-bond donors (Lipinski definition) is 0. The van der Waals surface area contributed by atoms with E-state index in [-0.39, 0.29) is 15.8 Å². The SMILES string of the molecule is Brc1ccc(-c2nc(-c3ccccc3)nc(-c3ccccc3)n2)cc1.C.[B].c1ccc(-c2nc(-c3ccccc3)nc(-c3ccc(-n4c5ccccc5c5ccc6c7ccccc7oc6c54)cc3)n2)cc1.c1ccc2c(c1)Cc1c-2ccc2c1oc1ccccc12. The van der Waals surface area contributed by atoms with Crippen LogP contribution in [0.15, 0.2) is 304 Å². The lowest BCUT2D eigenvalue weighted by molar-refractivity contribution is 0.665. The van der Waals surface area contributed by atoms with Gasteiger partial charge in [0.1, 0.15) is 16.7 Å². The molecule has 0 unspecified atom stereocenters. The maximum atomic E-state index is 6.51. The van der Waals surface area contributed by atoms with E-state index in [1.807, 2.05) is 170 Å². The molecule has 0 aliphatic heterocycles. The van der Waals surface area contributed by atoms with Gasteiger partial charge < -0.3 is 13.4 Å². The third kappa shape index (κ3) is 10.8. The fourth-order valence-corrected chi connectivity index (χ4v) is 12.4. The van der Waals surface area contributed by atoms with Gasteiger partial charge in [-0.15, -0.1) is 0 Å². The van der Waals surface area contributed by atoms with Crippen LogP contribution in [0.5, 0.6) is 0 Å². The van der Waals surface area contributed by atoms with Crippen molar-refractivity contribution in [1.29, 1.82) is 0 Å². The highest BCUT2D eigenvalue weighted by Crippen LogP contribution is 2.44. The Kier molecular flexibility index (Phi) is 15.5. The lowest BCUT2D eigenvalue weighted by Crippen LogP contribution is -2.00. The highest BCUT2D eigenvalue weighted by atomic mass is 79.9. The molecule has 12 aromatic carbocycles. The van der Waals surface area contributed by atoms with E-state index in [1.54, 1.807) is 0 Å². The molecule has 0 bridgehead atoms. The first kappa shape index (κ1) is 57.4. The Morgan fingerprint density at radius 3 is 1.19 bits per heavy atom. The van der Waals surface area contributed by atoms with Crippen LogP contribution in [0, 0.1) is 0 Å². The van der Waals surface area contributed by atoms with Crippen LogP contribution in [0.4, 0.5) is 0 Å². The van der Waals surface area contributed by atoms with Crippen LogP contribution in [-0.4, -0.2) is 42.9 Å². The summed E-state index contributed by atoms with van der Waals surface area (Å²) in [5, 5.41) is 7.02. The fourth-order valence-electron chi connectivity index (χ4n) is 12.1. The molecule has 0 atom stereocenters. The Morgan fingerprint density at radius 2 is 0.681 bits per heavy atom. The molecule has 11 heteroatoms. The summed E-state index contributed by atoms with van der Waals surface area (Å²) in [4.78, 5) is 28.7. The predicted octanol–water partition coefficient (Wildman–Crippen LogP) is 20.9. The average molecular weight is 1240 g/mol. The highest BCUT2D eigenvalue weighted by molar-refractivity contribution is 9.10. The molecule has 18 rings (SSSR count). The van der Waals surface area contributed by atoms with E-state index in [0.717, 1.165) is 99.5 Å². The van der Waals surface area contributed by atoms with Gasteiger partial charge in [0, 0.05) is 96.3 Å². The maximum Gasteiger partial charge on any atom is 0.164 e. The van der Waals surface area contributed by atoms with Crippen LogP contribution in [0.1, 0.15) is 18.6 Å². The molecule has 3 radical (unpaired) electrons. The van der Waals surface area contributed by atoms with E-state index < -0.39 is 0 Å². The number of fused-ring (bicyclic) bond motifs is 14. The Balaban J connectivity index is 0.000000130. The van der Waals surface area contributed by atoms with Crippen molar-refractivity contribution in [3.63, 3.8) is 0 Å². The van der Waals surface area contributed by atoms with Crippen LogP contribution >= 0.6 is 15.9 Å². The van der Waals surface area contributed by atoms with E-state index in [9.17, 15) is 0 Å². The zero-order chi connectivity index (χ0) is 59.2. The Labute approximate surface area is 535 Å². The third-order valence-corrected chi connectivity index (χ3v) is 16.9. The molecule has 0 fully saturated rings. The molecule has 0 saturated heterocycles. The van der Waals surface area contributed by atoms with E-state index >= 15 is 0 Å². The molecule has 5 heterocycles. The van der Waals surface area contributed by atoms with Gasteiger partial charge in [0.15, 0.2) is 40.5 Å². The van der Waals surface area contributed by atoms with Crippen molar-refractivity contribution in [2.24, 2.45) is 0 Å². The summed E-state index contributed by atoms with van der Waals surface area (Å²) in [6.45, 7) is 0. The molecule has 0 N–H and O–H groups in total. The lowest BCUT2D eigenvalue weighted by Gasteiger charge is -2.11. The number of halogens is 1. The summed E-state index contributed by atoms with van der Waals surface area (Å²) in [6, 6.07) is 99.0. The molecule has 431 valence electrons. The summed E-state index contributed by atoms with van der Waals surface area (Å²) < 4.78 is 16.0. The predicted molar refractivity (Wildman–Crippen MR) is 376 cm³/mol. The van der Waals surface area contributed by atoms with E-state index in [2.05, 4.69) is 147 Å². The van der Waals surface area contributed by atoms with Gasteiger partial charge in [0.25, 0.3) is 0 Å². The second-order valence-corrected chi connectivity index (χ2v) is 22.7. The van der Waals surface area contributed by atoms with Crippen molar-refractivity contribution in [1.82, 2.24) is 34.5 Å². The second kappa shape index (κ2) is 24.6. The van der Waals surface area contributed by atoms with Crippen molar-refractivity contribution in [2.45, 2.75) is 13.8 Å². The van der Waals surface area contributed by atoms with Crippen molar-refractivity contribution in [3.05, 3.63) is 307 Å². The first-order valence-corrected chi connectivity index (χ1v) is 30.3. The van der Waals surface area contributed by atoms with Gasteiger partial charge >= 0.3 is 0 Å². The van der Waals surface area contributed by atoms with Crippen LogP contribution in [0.2, 0.25) is 0 Å². The zero-order valence-corrected chi connectivity index (χ0v) is 49.9. The molecule has 1 aliphatic carbocycles. The molecule has 0 saturated carbocycles. The van der Waals surface area contributed by atoms with Gasteiger partial charge in [-0.2, -0.15) is 0 Å².